The van der Waals surface area contributed by atoms with Crippen molar-refractivity contribution in [3.05, 3.63) is 0 Å². The third-order valence-corrected chi connectivity index (χ3v) is 3.84. The summed E-state index contributed by atoms with van der Waals surface area (Å²) in [6.07, 6.45) is 4.16. The van der Waals surface area contributed by atoms with Gasteiger partial charge in [-0.1, -0.05) is 0 Å². The zero-order chi connectivity index (χ0) is 12.1. The number of nitrogens with one attached hydrogen (secondary N) is 1. The molecule has 2 rings (SSSR count). The molecular formula is C13H24N2O2. The average Bonchev–Trinajstić information content (AvgIpc) is 2.90. The maximum absolute atomic E-state index is 12.2. The van der Waals surface area contributed by atoms with E-state index in [0.29, 0.717) is 5.92 Å². The number of amides is 1. The summed E-state index contributed by atoms with van der Waals surface area (Å²) < 4.78 is 5.48. The maximum Gasteiger partial charge on any atom is 0.251 e. The normalized spacial score (nSPS) is 26.1. The van der Waals surface area contributed by atoms with Crippen molar-refractivity contribution in [3.8, 4) is 0 Å². The van der Waals surface area contributed by atoms with E-state index in [1.54, 1.807) is 0 Å². The first-order valence-electron chi connectivity index (χ1n) is 6.92. The van der Waals surface area contributed by atoms with Crippen LogP contribution in [0.5, 0.6) is 0 Å². The quantitative estimate of drug-likeness (QED) is 0.797. The smallest absolute Gasteiger partial charge is 0.251 e. The van der Waals surface area contributed by atoms with Crippen LogP contribution < -0.4 is 5.32 Å². The van der Waals surface area contributed by atoms with Crippen LogP contribution in [0.2, 0.25) is 0 Å². The van der Waals surface area contributed by atoms with Crippen molar-refractivity contribution in [2.24, 2.45) is 5.92 Å². The van der Waals surface area contributed by atoms with E-state index in [-0.39, 0.29) is 12.0 Å². The van der Waals surface area contributed by atoms with Crippen molar-refractivity contribution in [1.82, 2.24) is 10.2 Å². The zero-order valence-electron chi connectivity index (χ0n) is 10.8. The van der Waals surface area contributed by atoms with E-state index in [0.717, 1.165) is 45.6 Å². The molecule has 98 valence electrons. The lowest BCUT2D eigenvalue weighted by Crippen LogP contribution is -2.43. The first kappa shape index (κ1) is 12.8. The van der Waals surface area contributed by atoms with Gasteiger partial charge < -0.3 is 15.0 Å². The molecule has 1 atom stereocenters. The highest BCUT2D eigenvalue weighted by molar-refractivity contribution is 5.81. The molecule has 4 heteroatoms. The second kappa shape index (κ2) is 6.36. The van der Waals surface area contributed by atoms with E-state index in [1.165, 1.54) is 12.8 Å². The number of piperidine rings is 1. The number of hydrogen-bond donors (Lipinski definition) is 1. The van der Waals surface area contributed by atoms with Gasteiger partial charge in [-0.15, -0.1) is 0 Å². The Labute approximate surface area is 104 Å². The average molecular weight is 240 g/mol. The van der Waals surface area contributed by atoms with Crippen LogP contribution in [-0.4, -0.2) is 49.7 Å². The van der Waals surface area contributed by atoms with Crippen molar-refractivity contribution in [2.45, 2.75) is 38.7 Å². The Morgan fingerprint density at radius 2 is 2.12 bits per heavy atom. The van der Waals surface area contributed by atoms with Crippen molar-refractivity contribution in [3.63, 3.8) is 0 Å². The summed E-state index contributed by atoms with van der Waals surface area (Å²) in [5, 5.41) is 3.36. The lowest BCUT2D eigenvalue weighted by Gasteiger charge is -2.30. The summed E-state index contributed by atoms with van der Waals surface area (Å²) in [4.78, 5) is 14.2. The number of carbonyl (C=O) groups excluding carboxylic acids is 1. The first-order chi connectivity index (χ1) is 8.31. The maximum atomic E-state index is 12.2. The standard InChI is InChI=1S/C13H24N2O2/c1-2-15(10-11-5-7-14-8-6-11)13(16)12-4-3-9-17-12/h11-12,14H,2-10H2,1H3. The highest BCUT2D eigenvalue weighted by atomic mass is 16.5. The monoisotopic (exact) mass is 240 g/mol. The third-order valence-electron chi connectivity index (χ3n) is 3.84. The highest BCUT2D eigenvalue weighted by Crippen LogP contribution is 2.18. The molecule has 0 saturated carbocycles. The lowest BCUT2D eigenvalue weighted by atomic mass is 9.97. The van der Waals surface area contributed by atoms with Gasteiger partial charge in [0.1, 0.15) is 6.10 Å². The number of hydrogen-bond acceptors (Lipinski definition) is 3. The number of likely N-dealkylation sites (N-methyl/N-ethyl adjacent to an activating group) is 1. The summed E-state index contributed by atoms with van der Waals surface area (Å²) in [7, 11) is 0. The van der Waals surface area contributed by atoms with E-state index in [9.17, 15) is 4.79 Å². The van der Waals surface area contributed by atoms with Crippen molar-refractivity contribution < 1.29 is 9.53 Å². The number of nitrogens with zero attached hydrogens (tertiary/aromatic N) is 1. The molecule has 0 bridgehead atoms. The molecule has 0 aliphatic carbocycles. The van der Waals surface area contributed by atoms with Crippen LogP contribution >= 0.6 is 0 Å². The fourth-order valence-electron chi connectivity index (χ4n) is 2.73. The molecule has 0 aromatic rings. The molecule has 1 unspecified atom stereocenters. The van der Waals surface area contributed by atoms with Crippen LogP contribution in [0.3, 0.4) is 0 Å². The third kappa shape index (κ3) is 3.42. The minimum atomic E-state index is -0.156. The van der Waals surface area contributed by atoms with Gasteiger partial charge in [-0.2, -0.15) is 0 Å². The Morgan fingerprint density at radius 3 is 2.71 bits per heavy atom. The van der Waals surface area contributed by atoms with E-state index in [4.69, 9.17) is 4.74 Å². The first-order valence-corrected chi connectivity index (χ1v) is 6.92. The van der Waals surface area contributed by atoms with E-state index in [2.05, 4.69) is 12.2 Å². The predicted octanol–water partition coefficient (Wildman–Crippen LogP) is 1.01. The second-order valence-electron chi connectivity index (χ2n) is 5.07. The van der Waals surface area contributed by atoms with Crippen molar-refractivity contribution in [1.29, 1.82) is 0 Å². The highest BCUT2D eigenvalue weighted by Gasteiger charge is 2.29. The molecule has 0 spiro atoms. The summed E-state index contributed by atoms with van der Waals surface area (Å²) in [6, 6.07) is 0. The van der Waals surface area contributed by atoms with Gasteiger partial charge in [-0.3, -0.25) is 4.79 Å². The molecule has 2 saturated heterocycles. The Balaban J connectivity index is 1.83. The van der Waals surface area contributed by atoms with Crippen LogP contribution in [0.4, 0.5) is 0 Å². The molecule has 2 fully saturated rings. The number of ether oxygens (including phenoxy) is 1. The van der Waals surface area contributed by atoms with Gasteiger partial charge in [0.05, 0.1) is 0 Å². The summed E-state index contributed by atoms with van der Waals surface area (Å²) in [5.41, 5.74) is 0. The number of carbonyl (C=O) groups is 1. The Bertz CT molecular complexity index is 246. The topological polar surface area (TPSA) is 41.6 Å². The minimum absolute atomic E-state index is 0.156. The fourth-order valence-corrected chi connectivity index (χ4v) is 2.73. The molecule has 2 heterocycles. The van der Waals surface area contributed by atoms with E-state index in [1.807, 2.05) is 4.90 Å². The van der Waals surface area contributed by atoms with Gasteiger partial charge in [0, 0.05) is 19.7 Å². The molecule has 0 aromatic heterocycles. The molecule has 1 amide bonds. The van der Waals surface area contributed by atoms with E-state index < -0.39 is 0 Å². The zero-order valence-corrected chi connectivity index (χ0v) is 10.8. The summed E-state index contributed by atoms with van der Waals surface area (Å²) in [6.45, 7) is 6.72. The van der Waals surface area contributed by atoms with Gasteiger partial charge in [0.15, 0.2) is 0 Å². The molecule has 0 aromatic carbocycles. The molecule has 4 nitrogen and oxygen atoms in total. The Hall–Kier alpha value is -0.610. The Kier molecular flexibility index (Phi) is 4.80. The predicted molar refractivity (Wildman–Crippen MR) is 66.8 cm³/mol. The molecule has 2 aliphatic rings. The van der Waals surface area contributed by atoms with Crippen LogP contribution in [0.1, 0.15) is 32.6 Å². The van der Waals surface area contributed by atoms with Crippen LogP contribution in [-0.2, 0) is 9.53 Å². The molecule has 1 N–H and O–H groups in total. The largest absolute Gasteiger partial charge is 0.368 e. The van der Waals surface area contributed by atoms with Crippen molar-refractivity contribution in [2.75, 3.05) is 32.8 Å². The second-order valence-corrected chi connectivity index (χ2v) is 5.07. The van der Waals surface area contributed by atoms with Crippen LogP contribution in [0.25, 0.3) is 0 Å². The number of rotatable bonds is 4. The van der Waals surface area contributed by atoms with Gasteiger partial charge in [0.25, 0.3) is 5.91 Å². The molecule has 2 aliphatic heterocycles. The fraction of sp³-hybridized carbons (Fsp3) is 0.923. The van der Waals surface area contributed by atoms with Gasteiger partial charge in [0.2, 0.25) is 0 Å². The molecular weight excluding hydrogens is 216 g/mol. The lowest BCUT2D eigenvalue weighted by molar-refractivity contribution is -0.141. The van der Waals surface area contributed by atoms with Gasteiger partial charge >= 0.3 is 0 Å². The SMILES string of the molecule is CCN(CC1CCNCC1)C(=O)C1CCCO1. The molecule has 17 heavy (non-hydrogen) atoms. The van der Waals surface area contributed by atoms with E-state index >= 15 is 0 Å². The minimum Gasteiger partial charge on any atom is -0.368 e. The molecule has 0 radical (unpaired) electrons. The van der Waals surface area contributed by atoms with Gasteiger partial charge in [-0.05, 0) is 51.6 Å². The van der Waals surface area contributed by atoms with Crippen molar-refractivity contribution >= 4 is 5.91 Å². The summed E-state index contributed by atoms with van der Waals surface area (Å²) in [5.74, 6) is 0.880. The van der Waals surface area contributed by atoms with Gasteiger partial charge in [-0.25, -0.2) is 0 Å². The summed E-state index contributed by atoms with van der Waals surface area (Å²) >= 11 is 0. The Morgan fingerprint density at radius 1 is 1.35 bits per heavy atom. The van der Waals surface area contributed by atoms with Crippen LogP contribution in [0.15, 0.2) is 0 Å². The van der Waals surface area contributed by atoms with Crippen LogP contribution in [0, 0.1) is 5.92 Å².